The summed E-state index contributed by atoms with van der Waals surface area (Å²) in [6.45, 7) is 7.48. The maximum atomic E-state index is 13.3. The number of aliphatic hydroxyl groups excluding tert-OH is 1. The first-order chi connectivity index (χ1) is 8.85. The van der Waals surface area contributed by atoms with E-state index in [1.54, 1.807) is 6.07 Å². The Balaban J connectivity index is 1.93. The van der Waals surface area contributed by atoms with Gasteiger partial charge in [0.2, 0.25) is 0 Å². The number of benzene rings is 1. The Bertz CT molecular complexity index is 442. The summed E-state index contributed by atoms with van der Waals surface area (Å²) in [6.07, 6.45) is 0.344. The molecule has 1 unspecified atom stereocenters. The molecule has 4 heteroatoms. The Morgan fingerprint density at radius 1 is 1.42 bits per heavy atom. The van der Waals surface area contributed by atoms with Crippen LogP contribution in [-0.4, -0.2) is 36.5 Å². The second-order valence-corrected chi connectivity index (χ2v) is 6.05. The molecule has 1 aliphatic heterocycles. The molecule has 0 saturated heterocycles. The second kappa shape index (κ2) is 5.47. The molecule has 0 aliphatic carbocycles. The van der Waals surface area contributed by atoms with Gasteiger partial charge in [-0.15, -0.1) is 0 Å². The largest absolute Gasteiger partial charge is 0.389 e. The van der Waals surface area contributed by atoms with E-state index in [2.05, 4.69) is 0 Å². The van der Waals surface area contributed by atoms with Crippen molar-refractivity contribution in [3.05, 3.63) is 29.6 Å². The maximum Gasteiger partial charge on any atom is 0.125 e. The number of fused-ring (bicyclic) bond motifs is 1. The molecule has 0 aromatic heterocycles. The highest BCUT2D eigenvalue weighted by molar-refractivity contribution is 5.58. The Morgan fingerprint density at radius 2 is 2.16 bits per heavy atom. The van der Waals surface area contributed by atoms with E-state index >= 15 is 0 Å². The van der Waals surface area contributed by atoms with Crippen molar-refractivity contribution in [3.63, 3.8) is 0 Å². The quantitative estimate of drug-likeness (QED) is 0.909. The Morgan fingerprint density at radius 3 is 2.84 bits per heavy atom. The number of aliphatic hydroxyl groups is 1. The van der Waals surface area contributed by atoms with Crippen molar-refractivity contribution >= 4 is 5.69 Å². The fraction of sp³-hybridized carbons (Fsp3) is 0.600. The zero-order valence-corrected chi connectivity index (χ0v) is 11.8. The molecule has 3 nitrogen and oxygen atoms in total. The number of β-amino-alcohol motifs (C(OH)–C–C–N with tert-alkyl or cyclic N) is 1. The summed E-state index contributed by atoms with van der Waals surface area (Å²) in [5, 5.41) is 10.0. The fourth-order valence-electron chi connectivity index (χ4n) is 2.26. The molecule has 1 aromatic rings. The summed E-state index contributed by atoms with van der Waals surface area (Å²) in [5.74, 6) is -0.230. The van der Waals surface area contributed by atoms with Gasteiger partial charge in [0.05, 0.1) is 18.3 Å². The lowest BCUT2D eigenvalue weighted by Gasteiger charge is -2.26. The van der Waals surface area contributed by atoms with Crippen LogP contribution in [0.4, 0.5) is 10.1 Å². The molecule has 1 N–H and O–H groups in total. The molecule has 0 bridgehead atoms. The third-order valence-corrected chi connectivity index (χ3v) is 3.18. The van der Waals surface area contributed by atoms with Gasteiger partial charge < -0.3 is 14.7 Å². The van der Waals surface area contributed by atoms with Crippen molar-refractivity contribution in [2.45, 2.75) is 38.9 Å². The van der Waals surface area contributed by atoms with Gasteiger partial charge in [-0.05, 0) is 44.9 Å². The van der Waals surface area contributed by atoms with Crippen LogP contribution in [0.25, 0.3) is 0 Å². The number of rotatable bonds is 4. The predicted octanol–water partition coefficient (Wildman–Crippen LogP) is 2.36. The standard InChI is InChI=1S/C15H22FNO2/c1-15(2,3)19-10-13(18)9-17-7-6-11-4-5-12(16)8-14(11)17/h4-5,8,13,18H,6-7,9-10H2,1-3H3. The van der Waals surface area contributed by atoms with Crippen molar-refractivity contribution in [2.75, 3.05) is 24.6 Å². The third-order valence-electron chi connectivity index (χ3n) is 3.18. The second-order valence-electron chi connectivity index (χ2n) is 6.05. The Labute approximate surface area is 114 Å². The summed E-state index contributed by atoms with van der Waals surface area (Å²) < 4.78 is 18.8. The highest BCUT2D eigenvalue weighted by Crippen LogP contribution is 2.28. The number of hydrogen-bond donors (Lipinski definition) is 1. The average molecular weight is 267 g/mol. The zero-order chi connectivity index (χ0) is 14.0. The zero-order valence-electron chi connectivity index (χ0n) is 11.8. The van der Waals surface area contributed by atoms with E-state index in [0.717, 1.165) is 24.2 Å². The molecule has 0 amide bonds. The van der Waals surface area contributed by atoms with Gasteiger partial charge in [0.15, 0.2) is 0 Å². The van der Waals surface area contributed by atoms with Gasteiger partial charge in [0.25, 0.3) is 0 Å². The molecule has 1 atom stereocenters. The van der Waals surface area contributed by atoms with Crippen molar-refractivity contribution in [2.24, 2.45) is 0 Å². The summed E-state index contributed by atoms with van der Waals surface area (Å²) in [6, 6.07) is 4.85. The summed E-state index contributed by atoms with van der Waals surface area (Å²) >= 11 is 0. The maximum absolute atomic E-state index is 13.3. The van der Waals surface area contributed by atoms with Crippen LogP contribution in [0.15, 0.2) is 18.2 Å². The topological polar surface area (TPSA) is 32.7 Å². The van der Waals surface area contributed by atoms with E-state index in [1.807, 2.05) is 31.7 Å². The molecular formula is C15H22FNO2. The average Bonchev–Trinajstić information content (AvgIpc) is 2.68. The summed E-state index contributed by atoms with van der Waals surface area (Å²) in [5.41, 5.74) is 1.79. The van der Waals surface area contributed by atoms with Crippen LogP contribution < -0.4 is 4.90 Å². The number of anilines is 1. The van der Waals surface area contributed by atoms with Gasteiger partial charge in [0.1, 0.15) is 5.82 Å². The van der Waals surface area contributed by atoms with Crippen molar-refractivity contribution in [1.29, 1.82) is 0 Å². The van der Waals surface area contributed by atoms with Crippen LogP contribution in [0, 0.1) is 5.82 Å². The van der Waals surface area contributed by atoms with Gasteiger partial charge >= 0.3 is 0 Å². The number of halogens is 1. The molecule has 2 rings (SSSR count). The van der Waals surface area contributed by atoms with E-state index in [-0.39, 0.29) is 11.4 Å². The summed E-state index contributed by atoms with van der Waals surface area (Å²) in [7, 11) is 0. The highest BCUT2D eigenvalue weighted by atomic mass is 19.1. The van der Waals surface area contributed by atoms with Crippen molar-refractivity contribution in [1.82, 2.24) is 0 Å². The monoisotopic (exact) mass is 267 g/mol. The molecule has 0 radical (unpaired) electrons. The van der Waals surface area contributed by atoms with Gasteiger partial charge in [0, 0.05) is 18.8 Å². The van der Waals surface area contributed by atoms with E-state index < -0.39 is 6.10 Å². The van der Waals surface area contributed by atoms with Gasteiger partial charge in [-0.3, -0.25) is 0 Å². The van der Waals surface area contributed by atoms with Crippen LogP contribution in [0.3, 0.4) is 0 Å². The van der Waals surface area contributed by atoms with Crippen molar-refractivity contribution < 1.29 is 14.2 Å². The SMILES string of the molecule is CC(C)(C)OCC(O)CN1CCc2ccc(F)cc21. The van der Waals surface area contributed by atoms with Crippen LogP contribution in [0.5, 0.6) is 0 Å². The first kappa shape index (κ1) is 14.3. The minimum atomic E-state index is -0.562. The minimum Gasteiger partial charge on any atom is -0.389 e. The smallest absolute Gasteiger partial charge is 0.125 e. The molecule has 1 aliphatic rings. The van der Waals surface area contributed by atoms with E-state index in [0.29, 0.717) is 13.2 Å². The molecule has 106 valence electrons. The molecule has 1 heterocycles. The van der Waals surface area contributed by atoms with Crippen molar-refractivity contribution in [3.8, 4) is 0 Å². The lowest BCUT2D eigenvalue weighted by Crippen LogP contribution is -2.36. The lowest BCUT2D eigenvalue weighted by molar-refractivity contribution is -0.0462. The minimum absolute atomic E-state index is 0.230. The van der Waals surface area contributed by atoms with E-state index in [9.17, 15) is 9.50 Å². The van der Waals surface area contributed by atoms with Gasteiger partial charge in [-0.1, -0.05) is 6.07 Å². The molecule has 0 saturated carbocycles. The first-order valence-corrected chi connectivity index (χ1v) is 6.70. The molecule has 0 fully saturated rings. The van der Waals surface area contributed by atoms with E-state index in [1.165, 1.54) is 6.07 Å². The number of ether oxygens (including phenoxy) is 1. The van der Waals surface area contributed by atoms with Crippen LogP contribution in [-0.2, 0) is 11.2 Å². The predicted molar refractivity (Wildman–Crippen MR) is 74.0 cm³/mol. The van der Waals surface area contributed by atoms with Gasteiger partial charge in [-0.25, -0.2) is 4.39 Å². The molecule has 1 aromatic carbocycles. The molecule has 19 heavy (non-hydrogen) atoms. The van der Waals surface area contributed by atoms with Crippen LogP contribution >= 0.6 is 0 Å². The lowest BCUT2D eigenvalue weighted by atomic mass is 10.1. The van der Waals surface area contributed by atoms with Crippen LogP contribution in [0.2, 0.25) is 0 Å². The van der Waals surface area contributed by atoms with Gasteiger partial charge in [-0.2, -0.15) is 0 Å². The van der Waals surface area contributed by atoms with Crippen LogP contribution in [0.1, 0.15) is 26.3 Å². The Kier molecular flexibility index (Phi) is 4.11. The number of hydrogen-bond acceptors (Lipinski definition) is 3. The van der Waals surface area contributed by atoms with E-state index in [4.69, 9.17) is 4.74 Å². The third kappa shape index (κ3) is 3.91. The normalized spacial score (nSPS) is 16.6. The first-order valence-electron chi connectivity index (χ1n) is 6.70. The highest BCUT2D eigenvalue weighted by Gasteiger charge is 2.22. The number of nitrogens with zero attached hydrogens (tertiary/aromatic N) is 1. The Hall–Kier alpha value is -1.13. The fourth-order valence-corrected chi connectivity index (χ4v) is 2.26. The summed E-state index contributed by atoms with van der Waals surface area (Å²) in [4.78, 5) is 2.02. The molecular weight excluding hydrogens is 245 g/mol. The molecule has 0 spiro atoms.